The lowest BCUT2D eigenvalue weighted by atomic mass is 10.2. The Morgan fingerprint density at radius 2 is 2.39 bits per heavy atom. The van der Waals surface area contributed by atoms with Crippen LogP contribution in [0, 0.1) is 0 Å². The number of hydrogen-bond acceptors (Lipinski definition) is 2. The smallest absolute Gasteiger partial charge is 0.170 e. The molecule has 0 saturated carbocycles. The lowest BCUT2D eigenvalue weighted by molar-refractivity contribution is 0.114. The van der Waals surface area contributed by atoms with Crippen LogP contribution in [0.25, 0.3) is 0 Å². The summed E-state index contributed by atoms with van der Waals surface area (Å²) in [5.74, 6) is 0. The molecule has 1 heterocycles. The van der Waals surface area contributed by atoms with E-state index in [-0.39, 0.29) is 6.10 Å². The van der Waals surface area contributed by atoms with Gasteiger partial charge in [-0.1, -0.05) is 11.6 Å². The topological polar surface area (TPSA) is 33.3 Å². The van der Waals surface area contributed by atoms with Crippen LogP contribution in [0.4, 0.5) is 5.69 Å². The van der Waals surface area contributed by atoms with Crippen LogP contribution in [0.2, 0.25) is 5.02 Å². The molecule has 3 nitrogen and oxygen atoms in total. The Kier molecular flexibility index (Phi) is 5.24. The summed E-state index contributed by atoms with van der Waals surface area (Å²) in [4.78, 5) is 0. The monoisotopic (exact) mass is 348 g/mol. The molecule has 98 valence electrons. The van der Waals surface area contributed by atoms with E-state index in [1.807, 2.05) is 18.2 Å². The second-order valence-corrected chi connectivity index (χ2v) is 5.77. The summed E-state index contributed by atoms with van der Waals surface area (Å²) in [5, 5.41) is 7.48. The summed E-state index contributed by atoms with van der Waals surface area (Å²) in [6.07, 6.45) is 2.51. The van der Waals surface area contributed by atoms with Crippen LogP contribution in [0.3, 0.4) is 0 Å². The van der Waals surface area contributed by atoms with Gasteiger partial charge in [0, 0.05) is 23.3 Å². The number of halogens is 2. The van der Waals surface area contributed by atoms with E-state index in [9.17, 15) is 0 Å². The predicted octanol–water partition coefficient (Wildman–Crippen LogP) is 3.57. The van der Waals surface area contributed by atoms with Gasteiger partial charge in [-0.3, -0.25) is 0 Å². The van der Waals surface area contributed by atoms with Gasteiger partial charge < -0.3 is 15.4 Å². The normalized spacial score (nSPS) is 18.7. The van der Waals surface area contributed by atoms with E-state index in [2.05, 4.69) is 26.6 Å². The highest BCUT2D eigenvalue weighted by Gasteiger charge is 2.15. The van der Waals surface area contributed by atoms with Crippen molar-refractivity contribution in [2.75, 3.05) is 18.5 Å². The highest BCUT2D eigenvalue weighted by Crippen LogP contribution is 2.25. The summed E-state index contributed by atoms with van der Waals surface area (Å²) in [6, 6.07) is 5.62. The Labute approximate surface area is 125 Å². The lowest BCUT2D eigenvalue weighted by Gasteiger charge is -2.14. The van der Waals surface area contributed by atoms with Crippen LogP contribution in [0.15, 0.2) is 22.7 Å². The number of hydrogen-bond donors (Lipinski definition) is 2. The van der Waals surface area contributed by atoms with Crippen molar-refractivity contribution < 1.29 is 4.74 Å². The maximum atomic E-state index is 6.01. The molecule has 1 aliphatic heterocycles. The first-order chi connectivity index (χ1) is 8.65. The fraction of sp³-hybridized carbons (Fsp3) is 0.417. The van der Waals surface area contributed by atoms with Crippen molar-refractivity contribution in [3.05, 3.63) is 27.7 Å². The fourth-order valence-corrected chi connectivity index (χ4v) is 2.39. The molecular weight excluding hydrogens is 336 g/mol. The molecule has 1 aromatic carbocycles. The summed E-state index contributed by atoms with van der Waals surface area (Å²) in [5.41, 5.74) is 0.869. The first kappa shape index (κ1) is 14.1. The molecule has 0 radical (unpaired) electrons. The fourth-order valence-electron chi connectivity index (χ4n) is 1.76. The number of nitrogens with one attached hydrogen (secondary N) is 2. The SMILES string of the molecule is S=C(NC[C@@H]1CCCO1)Nc1ccc(Br)c(Cl)c1. The van der Waals surface area contributed by atoms with Gasteiger partial charge in [-0.15, -0.1) is 0 Å². The van der Waals surface area contributed by atoms with Crippen LogP contribution in [0.5, 0.6) is 0 Å². The molecule has 2 rings (SSSR count). The molecule has 2 N–H and O–H groups in total. The zero-order valence-electron chi connectivity index (χ0n) is 9.71. The van der Waals surface area contributed by atoms with E-state index in [1.54, 1.807) is 0 Å². The molecule has 0 spiro atoms. The van der Waals surface area contributed by atoms with Crippen LogP contribution >= 0.6 is 39.7 Å². The van der Waals surface area contributed by atoms with Crippen molar-refractivity contribution in [2.45, 2.75) is 18.9 Å². The zero-order chi connectivity index (χ0) is 13.0. The minimum Gasteiger partial charge on any atom is -0.376 e. The van der Waals surface area contributed by atoms with Crippen molar-refractivity contribution in [3.63, 3.8) is 0 Å². The quantitative estimate of drug-likeness (QED) is 0.817. The van der Waals surface area contributed by atoms with Gasteiger partial charge in [-0.2, -0.15) is 0 Å². The molecule has 1 saturated heterocycles. The van der Waals surface area contributed by atoms with Gasteiger partial charge in [-0.05, 0) is 59.2 Å². The maximum absolute atomic E-state index is 6.01. The second-order valence-electron chi connectivity index (χ2n) is 4.10. The first-order valence-electron chi connectivity index (χ1n) is 5.76. The molecule has 6 heteroatoms. The molecule has 1 atom stereocenters. The molecule has 0 unspecified atom stereocenters. The van der Waals surface area contributed by atoms with E-state index in [4.69, 9.17) is 28.6 Å². The Balaban J connectivity index is 1.80. The molecule has 0 aromatic heterocycles. The molecule has 1 fully saturated rings. The largest absolute Gasteiger partial charge is 0.376 e. The molecule has 0 amide bonds. The number of anilines is 1. The number of benzene rings is 1. The summed E-state index contributed by atoms with van der Waals surface area (Å²) >= 11 is 14.6. The van der Waals surface area contributed by atoms with Crippen molar-refractivity contribution >= 4 is 50.5 Å². The Hall–Kier alpha value is -0.360. The Bertz CT molecular complexity index is 438. The first-order valence-corrected chi connectivity index (χ1v) is 7.34. The van der Waals surface area contributed by atoms with Crippen LogP contribution < -0.4 is 10.6 Å². The van der Waals surface area contributed by atoms with E-state index in [0.29, 0.717) is 10.1 Å². The summed E-state index contributed by atoms with van der Waals surface area (Å²) in [6.45, 7) is 1.60. The van der Waals surface area contributed by atoms with Gasteiger partial charge in [0.2, 0.25) is 0 Å². The minimum atomic E-state index is 0.276. The number of thiocarbonyl (C=S) groups is 1. The van der Waals surface area contributed by atoms with Gasteiger partial charge in [0.15, 0.2) is 5.11 Å². The lowest BCUT2D eigenvalue weighted by Crippen LogP contribution is -2.34. The average Bonchev–Trinajstić information content (AvgIpc) is 2.84. The highest BCUT2D eigenvalue weighted by atomic mass is 79.9. The highest BCUT2D eigenvalue weighted by molar-refractivity contribution is 9.10. The van der Waals surface area contributed by atoms with E-state index < -0.39 is 0 Å². The van der Waals surface area contributed by atoms with Gasteiger partial charge >= 0.3 is 0 Å². The molecule has 18 heavy (non-hydrogen) atoms. The van der Waals surface area contributed by atoms with Crippen molar-refractivity contribution in [2.24, 2.45) is 0 Å². The third-order valence-electron chi connectivity index (χ3n) is 2.69. The van der Waals surface area contributed by atoms with Crippen molar-refractivity contribution in [1.29, 1.82) is 0 Å². The average molecular weight is 350 g/mol. The van der Waals surface area contributed by atoms with Crippen LogP contribution in [-0.4, -0.2) is 24.4 Å². The number of rotatable bonds is 3. The molecule has 0 aliphatic carbocycles. The number of ether oxygens (including phenoxy) is 1. The van der Waals surface area contributed by atoms with Crippen LogP contribution in [-0.2, 0) is 4.74 Å². The van der Waals surface area contributed by atoms with Gasteiger partial charge in [0.05, 0.1) is 11.1 Å². The molecule has 1 aromatic rings. The maximum Gasteiger partial charge on any atom is 0.170 e. The van der Waals surface area contributed by atoms with Gasteiger partial charge in [0.1, 0.15) is 0 Å². The van der Waals surface area contributed by atoms with Gasteiger partial charge in [-0.25, -0.2) is 0 Å². The Morgan fingerprint density at radius 3 is 3.06 bits per heavy atom. The van der Waals surface area contributed by atoms with Crippen molar-refractivity contribution in [3.8, 4) is 0 Å². The van der Waals surface area contributed by atoms with E-state index in [0.717, 1.165) is 36.2 Å². The van der Waals surface area contributed by atoms with Crippen LogP contribution in [0.1, 0.15) is 12.8 Å². The third-order valence-corrected chi connectivity index (χ3v) is 4.17. The van der Waals surface area contributed by atoms with Gasteiger partial charge in [0.25, 0.3) is 0 Å². The molecule has 0 bridgehead atoms. The van der Waals surface area contributed by atoms with E-state index in [1.165, 1.54) is 0 Å². The van der Waals surface area contributed by atoms with E-state index >= 15 is 0 Å². The summed E-state index contributed by atoms with van der Waals surface area (Å²) < 4.78 is 6.38. The molecule has 1 aliphatic rings. The second kappa shape index (κ2) is 6.70. The zero-order valence-corrected chi connectivity index (χ0v) is 12.9. The third kappa shape index (κ3) is 4.09. The predicted molar refractivity (Wildman–Crippen MR) is 82.3 cm³/mol. The van der Waals surface area contributed by atoms with Crippen molar-refractivity contribution in [1.82, 2.24) is 5.32 Å². The Morgan fingerprint density at radius 1 is 1.56 bits per heavy atom. The standard InChI is InChI=1S/C12H14BrClN2OS/c13-10-4-3-8(6-11(10)14)16-12(18)15-7-9-2-1-5-17-9/h3-4,6,9H,1-2,5,7H2,(H2,15,16,18)/t9-/m0/s1. The summed E-state index contributed by atoms with van der Waals surface area (Å²) in [7, 11) is 0. The minimum absolute atomic E-state index is 0.276. The molecular formula is C12H14BrClN2OS.